The van der Waals surface area contributed by atoms with Gasteiger partial charge in [-0.05, 0) is 93.0 Å². The van der Waals surface area contributed by atoms with E-state index in [1.54, 1.807) is 25.5 Å². The zero-order valence-corrected chi connectivity index (χ0v) is 27.1. The molecule has 4 aliphatic rings. The van der Waals surface area contributed by atoms with Crippen LogP contribution in [0.4, 0.5) is 0 Å². The van der Waals surface area contributed by atoms with E-state index in [-0.39, 0.29) is 30.6 Å². The molecular formula is C34H49N3O5S. The van der Waals surface area contributed by atoms with Gasteiger partial charge in [0.2, 0.25) is 5.91 Å². The molecule has 1 amide bonds. The van der Waals surface area contributed by atoms with Gasteiger partial charge < -0.3 is 14.4 Å². The lowest BCUT2D eigenvalue weighted by molar-refractivity contribution is -0.136. The fourth-order valence-electron chi connectivity index (χ4n) is 7.27. The first-order valence-corrected chi connectivity index (χ1v) is 17.4. The summed E-state index contributed by atoms with van der Waals surface area (Å²) in [5.74, 6) is 1.38. The second-order valence-electron chi connectivity index (χ2n) is 12.8. The molecule has 1 saturated heterocycles. The molecule has 8 nitrogen and oxygen atoms in total. The molecule has 4 bridgehead atoms. The van der Waals surface area contributed by atoms with Gasteiger partial charge in [-0.25, -0.2) is 0 Å². The third-order valence-electron chi connectivity index (χ3n) is 9.73. The Hall–Kier alpha value is -2.46. The van der Waals surface area contributed by atoms with Gasteiger partial charge in [0, 0.05) is 33.1 Å². The Kier molecular flexibility index (Phi) is 10.5. The first-order chi connectivity index (χ1) is 20.7. The molecule has 0 aromatic heterocycles. The number of carbonyl (C=O) groups excluding carboxylic acids is 1. The zero-order chi connectivity index (χ0) is 30.6. The van der Waals surface area contributed by atoms with Crippen LogP contribution in [0.2, 0.25) is 0 Å². The van der Waals surface area contributed by atoms with Crippen LogP contribution < -0.4 is 4.74 Å². The molecule has 3 aliphatic heterocycles. The molecule has 43 heavy (non-hydrogen) atoms. The van der Waals surface area contributed by atoms with Crippen molar-refractivity contribution in [3.63, 3.8) is 0 Å². The second kappa shape index (κ2) is 14.1. The lowest BCUT2D eigenvalue weighted by Gasteiger charge is -2.37. The van der Waals surface area contributed by atoms with E-state index >= 15 is 0 Å². The highest BCUT2D eigenvalue weighted by atomic mass is 32.2. The minimum Gasteiger partial charge on any atom is -0.497 e. The highest BCUT2D eigenvalue weighted by Gasteiger charge is 2.48. The number of benzene rings is 2. The van der Waals surface area contributed by atoms with Crippen molar-refractivity contribution in [3.8, 4) is 5.75 Å². The minimum atomic E-state index is -3.80. The van der Waals surface area contributed by atoms with Gasteiger partial charge in [0.25, 0.3) is 10.2 Å². The fraction of sp³-hybridized carbons (Fsp3) is 0.618. The summed E-state index contributed by atoms with van der Waals surface area (Å²) in [6.07, 6.45) is 9.19. The van der Waals surface area contributed by atoms with E-state index in [2.05, 4.69) is 31.2 Å². The molecule has 0 N–H and O–H groups in total. The van der Waals surface area contributed by atoms with Crippen molar-refractivity contribution < 1.29 is 22.7 Å². The van der Waals surface area contributed by atoms with Gasteiger partial charge in [-0.1, -0.05) is 42.8 Å². The summed E-state index contributed by atoms with van der Waals surface area (Å²) >= 11 is 0. The van der Waals surface area contributed by atoms with Gasteiger partial charge >= 0.3 is 0 Å². The number of rotatable bonds is 6. The smallest absolute Gasteiger partial charge is 0.282 e. The predicted octanol–water partition coefficient (Wildman–Crippen LogP) is 5.52. The van der Waals surface area contributed by atoms with Crippen molar-refractivity contribution >= 4 is 16.1 Å². The summed E-state index contributed by atoms with van der Waals surface area (Å²) in [6.45, 7) is 2.61. The van der Waals surface area contributed by atoms with Crippen LogP contribution in [0.25, 0.3) is 0 Å². The number of fused-ring (bicyclic) bond motifs is 8. The molecule has 3 heterocycles. The summed E-state index contributed by atoms with van der Waals surface area (Å²) < 4.78 is 42.5. The molecule has 9 heteroatoms. The number of methoxy groups -OCH3 is 1. The number of nitrogens with zero attached hydrogens (tertiary/aromatic N) is 3. The molecule has 1 aliphatic carbocycles. The number of hydrogen-bond acceptors (Lipinski definition) is 5. The van der Waals surface area contributed by atoms with E-state index in [4.69, 9.17) is 9.47 Å². The average Bonchev–Trinajstić information content (AvgIpc) is 3.33. The third-order valence-corrected chi connectivity index (χ3v) is 11.6. The summed E-state index contributed by atoms with van der Waals surface area (Å²) in [4.78, 5) is 15.8. The Labute approximate surface area is 258 Å². The third kappa shape index (κ3) is 7.44. The molecule has 0 radical (unpaired) electrons. The molecule has 0 spiro atoms. The van der Waals surface area contributed by atoms with Crippen molar-refractivity contribution in [2.24, 2.45) is 0 Å². The van der Waals surface area contributed by atoms with Crippen LogP contribution in [0.3, 0.4) is 0 Å². The van der Waals surface area contributed by atoms with E-state index in [9.17, 15) is 13.2 Å². The van der Waals surface area contributed by atoms with Crippen LogP contribution in [0.1, 0.15) is 87.3 Å². The summed E-state index contributed by atoms with van der Waals surface area (Å²) in [5.41, 5.74) is 3.70. The first-order valence-electron chi connectivity index (χ1n) is 16.0. The van der Waals surface area contributed by atoms with Crippen molar-refractivity contribution in [2.75, 3.05) is 27.8 Å². The van der Waals surface area contributed by atoms with Gasteiger partial charge in [0.1, 0.15) is 5.75 Å². The Bertz CT molecular complexity index is 1320. The van der Waals surface area contributed by atoms with Crippen molar-refractivity contribution in [1.29, 1.82) is 0 Å². The number of aryl methyl sites for hydroxylation is 1. The largest absolute Gasteiger partial charge is 0.497 e. The fourth-order valence-corrected chi connectivity index (χ4v) is 8.57. The highest BCUT2D eigenvalue weighted by Crippen LogP contribution is 2.37. The normalized spacial score (nSPS) is 27.3. The molecule has 3 atom stereocenters. The molecule has 1 unspecified atom stereocenters. The quantitative estimate of drug-likeness (QED) is 0.430. The minimum absolute atomic E-state index is 0.0823. The lowest BCUT2D eigenvalue weighted by Crippen LogP contribution is -2.53. The molecule has 6 rings (SSSR count). The first kappa shape index (κ1) is 31.9. The van der Waals surface area contributed by atoms with Crippen LogP contribution in [-0.2, 0) is 32.7 Å². The summed E-state index contributed by atoms with van der Waals surface area (Å²) in [5, 5.41) is 0. The maximum absolute atomic E-state index is 13.9. The van der Waals surface area contributed by atoms with Crippen LogP contribution in [0.15, 0.2) is 48.5 Å². The maximum atomic E-state index is 13.9. The molecule has 2 aromatic carbocycles. The number of ether oxygens (including phenoxy) is 2. The van der Waals surface area contributed by atoms with Crippen molar-refractivity contribution in [3.05, 3.63) is 65.2 Å². The van der Waals surface area contributed by atoms with Crippen LogP contribution in [-0.4, -0.2) is 79.9 Å². The van der Waals surface area contributed by atoms with Crippen molar-refractivity contribution in [2.45, 2.75) is 108 Å². The summed E-state index contributed by atoms with van der Waals surface area (Å²) in [6, 6.07) is 15.8. The zero-order valence-electron chi connectivity index (χ0n) is 26.3. The SMILES string of the molecule is COc1ccc(CN([C@H]2CC(C)N3C(=O)CCCCCc4cccc(c4)C4CCC(CC4)OC[C@@H]23)S(=O)(=O)N(C)C)cc1. The Morgan fingerprint density at radius 1 is 0.977 bits per heavy atom. The van der Waals surface area contributed by atoms with Gasteiger partial charge in [-0.15, -0.1) is 0 Å². The Balaban J connectivity index is 1.42. The summed E-state index contributed by atoms with van der Waals surface area (Å²) in [7, 11) is 0.965. The number of hydrogen-bond donors (Lipinski definition) is 0. The second-order valence-corrected chi connectivity index (χ2v) is 14.9. The molecule has 2 aromatic rings. The number of amides is 1. The lowest BCUT2D eigenvalue weighted by atomic mass is 9.82. The molecule has 236 valence electrons. The van der Waals surface area contributed by atoms with E-state index in [1.165, 1.54) is 15.4 Å². The van der Waals surface area contributed by atoms with E-state index in [0.29, 0.717) is 25.4 Å². The van der Waals surface area contributed by atoms with Gasteiger partial charge in [-0.3, -0.25) is 4.79 Å². The molecule has 1 saturated carbocycles. The van der Waals surface area contributed by atoms with E-state index in [1.807, 2.05) is 29.2 Å². The van der Waals surface area contributed by atoms with Gasteiger partial charge in [0.15, 0.2) is 0 Å². The van der Waals surface area contributed by atoms with E-state index < -0.39 is 16.3 Å². The molecule has 2 fully saturated rings. The Morgan fingerprint density at radius 3 is 2.40 bits per heavy atom. The maximum Gasteiger partial charge on any atom is 0.282 e. The monoisotopic (exact) mass is 611 g/mol. The van der Waals surface area contributed by atoms with Crippen molar-refractivity contribution in [1.82, 2.24) is 13.5 Å². The topological polar surface area (TPSA) is 79.4 Å². The number of carbonyl (C=O) groups is 1. The van der Waals surface area contributed by atoms with Crippen LogP contribution in [0.5, 0.6) is 5.75 Å². The van der Waals surface area contributed by atoms with Gasteiger partial charge in [-0.2, -0.15) is 17.0 Å². The average molecular weight is 612 g/mol. The standard InChI is InChI=1S/C34H49N3O5S/c1-25-21-32(36(43(39,40)35(2)3)23-27-13-17-30(41-4)18-14-27)33-24-42-31-19-15-28(16-20-31)29-11-8-10-26(22-29)9-6-5-7-12-34(38)37(25)33/h8,10-11,13-14,17-18,22,25,28,31-33H,5-7,9,12,15-16,19-21,23-24H2,1-4H3/t25?,28?,31?,32-,33-/m0/s1. The predicted molar refractivity (Wildman–Crippen MR) is 169 cm³/mol. The van der Waals surface area contributed by atoms with E-state index in [0.717, 1.165) is 62.7 Å². The highest BCUT2D eigenvalue weighted by molar-refractivity contribution is 7.86. The van der Waals surface area contributed by atoms with Gasteiger partial charge in [0.05, 0.1) is 31.9 Å². The Morgan fingerprint density at radius 2 is 1.70 bits per heavy atom. The van der Waals surface area contributed by atoms with Crippen LogP contribution >= 0.6 is 0 Å². The van der Waals surface area contributed by atoms with Crippen LogP contribution in [0, 0.1) is 0 Å². The molecular weight excluding hydrogens is 562 g/mol.